The Bertz CT molecular complexity index is 315. The van der Waals surface area contributed by atoms with Crippen molar-refractivity contribution >= 4 is 0 Å². The normalized spacial score (nSPS) is 16.8. The van der Waals surface area contributed by atoms with E-state index >= 15 is 0 Å². The first-order valence-electron chi connectivity index (χ1n) is 6.84. The van der Waals surface area contributed by atoms with Crippen LogP contribution < -0.4 is 5.32 Å². The molecule has 1 fully saturated rings. The van der Waals surface area contributed by atoms with E-state index in [-0.39, 0.29) is 0 Å². The smallest absolute Gasteiger partial charge is 0.0521 e. The van der Waals surface area contributed by atoms with Crippen LogP contribution in [0.25, 0.3) is 0 Å². The average Bonchev–Trinajstić information content (AvgIpc) is 2.98. The molecule has 0 spiro atoms. The summed E-state index contributed by atoms with van der Waals surface area (Å²) in [7, 11) is 0. The van der Waals surface area contributed by atoms with Crippen LogP contribution in [0.2, 0.25) is 0 Å². The second-order valence-corrected chi connectivity index (χ2v) is 4.72. The Morgan fingerprint density at radius 1 is 1.35 bits per heavy atom. The molecule has 2 rings (SSSR count). The summed E-state index contributed by atoms with van der Waals surface area (Å²) in [5.74, 6) is 0. The Labute approximate surface area is 104 Å². The summed E-state index contributed by atoms with van der Waals surface area (Å²) in [6.07, 6.45) is 5.91. The van der Waals surface area contributed by atoms with Crippen molar-refractivity contribution in [2.24, 2.45) is 0 Å². The van der Waals surface area contributed by atoms with Gasteiger partial charge in [0.25, 0.3) is 0 Å². The first-order chi connectivity index (χ1) is 8.40. The van der Waals surface area contributed by atoms with Crippen LogP contribution in [0, 0.1) is 0 Å². The minimum atomic E-state index is 0.938. The summed E-state index contributed by atoms with van der Waals surface area (Å²) >= 11 is 0. The number of likely N-dealkylation sites (tertiary alicyclic amines) is 1. The monoisotopic (exact) mass is 236 g/mol. The van der Waals surface area contributed by atoms with E-state index in [1.165, 1.54) is 44.6 Å². The predicted octanol–water partition coefficient (Wildman–Crippen LogP) is 1.48. The van der Waals surface area contributed by atoms with Gasteiger partial charge in [-0.05, 0) is 58.4 Å². The molecule has 96 valence electrons. The van der Waals surface area contributed by atoms with E-state index in [1.54, 1.807) is 0 Å². The largest absolute Gasteiger partial charge is 0.311 e. The third-order valence-corrected chi connectivity index (χ3v) is 3.44. The van der Waals surface area contributed by atoms with Crippen molar-refractivity contribution in [3.8, 4) is 0 Å². The number of nitrogens with one attached hydrogen (secondary N) is 1. The Kier molecular flexibility index (Phi) is 5.01. The molecule has 1 aliphatic heterocycles. The fourth-order valence-corrected chi connectivity index (χ4v) is 2.45. The van der Waals surface area contributed by atoms with E-state index in [0.29, 0.717) is 0 Å². The second kappa shape index (κ2) is 6.77. The highest BCUT2D eigenvalue weighted by atomic mass is 15.3. The maximum atomic E-state index is 4.27. The molecule has 1 saturated heterocycles. The van der Waals surface area contributed by atoms with Crippen LogP contribution in [0.15, 0.2) is 12.3 Å². The molecule has 0 saturated carbocycles. The van der Waals surface area contributed by atoms with Crippen LogP contribution in [-0.4, -0.2) is 40.9 Å². The maximum absolute atomic E-state index is 4.27. The summed E-state index contributed by atoms with van der Waals surface area (Å²) < 4.78 is 2.05. The quantitative estimate of drug-likeness (QED) is 0.728. The van der Waals surface area contributed by atoms with Gasteiger partial charge in [0, 0.05) is 19.3 Å². The highest BCUT2D eigenvalue weighted by Gasteiger charge is 2.09. The molecule has 0 radical (unpaired) electrons. The molecule has 0 unspecified atom stereocenters. The summed E-state index contributed by atoms with van der Waals surface area (Å²) in [4.78, 5) is 2.57. The molecule has 4 nitrogen and oxygen atoms in total. The highest BCUT2D eigenvalue weighted by molar-refractivity contribution is 4.99. The molecular formula is C13H24N4. The minimum absolute atomic E-state index is 0.938. The van der Waals surface area contributed by atoms with Crippen LogP contribution >= 0.6 is 0 Å². The zero-order valence-corrected chi connectivity index (χ0v) is 10.9. The van der Waals surface area contributed by atoms with Crippen LogP contribution in [0.5, 0.6) is 0 Å². The van der Waals surface area contributed by atoms with Gasteiger partial charge in [0.1, 0.15) is 0 Å². The first-order valence-corrected chi connectivity index (χ1v) is 6.84. The minimum Gasteiger partial charge on any atom is -0.311 e. The Hall–Kier alpha value is -0.870. The summed E-state index contributed by atoms with van der Waals surface area (Å²) in [5, 5.41) is 7.76. The van der Waals surface area contributed by atoms with Crippen LogP contribution in [0.4, 0.5) is 0 Å². The van der Waals surface area contributed by atoms with Crippen molar-refractivity contribution < 1.29 is 0 Å². The van der Waals surface area contributed by atoms with Crippen molar-refractivity contribution in [2.45, 2.75) is 39.3 Å². The Morgan fingerprint density at radius 3 is 2.94 bits per heavy atom. The van der Waals surface area contributed by atoms with Crippen molar-refractivity contribution in [1.29, 1.82) is 0 Å². The summed E-state index contributed by atoms with van der Waals surface area (Å²) in [6, 6.07) is 2.09. The lowest BCUT2D eigenvalue weighted by atomic mass is 10.3. The molecule has 1 aliphatic rings. The molecule has 2 heterocycles. The van der Waals surface area contributed by atoms with Gasteiger partial charge in [-0.15, -0.1) is 0 Å². The Morgan fingerprint density at radius 2 is 2.18 bits per heavy atom. The van der Waals surface area contributed by atoms with E-state index in [0.717, 1.165) is 19.6 Å². The standard InChI is InChI=1S/C13H24N4/c1-2-17-13(6-8-15-17)12-14-7-5-11-16-9-3-4-10-16/h6,8,14H,2-5,7,9-12H2,1H3. The molecule has 0 aliphatic carbocycles. The zero-order valence-electron chi connectivity index (χ0n) is 10.9. The number of hydrogen-bond donors (Lipinski definition) is 1. The van der Waals surface area contributed by atoms with Crippen molar-refractivity contribution in [3.05, 3.63) is 18.0 Å². The van der Waals surface area contributed by atoms with E-state index in [9.17, 15) is 0 Å². The number of aromatic nitrogens is 2. The van der Waals surface area contributed by atoms with Crippen molar-refractivity contribution in [2.75, 3.05) is 26.2 Å². The van der Waals surface area contributed by atoms with Gasteiger partial charge in [-0.1, -0.05) is 0 Å². The van der Waals surface area contributed by atoms with Crippen molar-refractivity contribution in [1.82, 2.24) is 20.0 Å². The van der Waals surface area contributed by atoms with Gasteiger partial charge in [-0.25, -0.2) is 0 Å². The fourth-order valence-electron chi connectivity index (χ4n) is 2.45. The van der Waals surface area contributed by atoms with E-state index in [2.05, 4.69) is 28.3 Å². The third-order valence-electron chi connectivity index (χ3n) is 3.44. The third kappa shape index (κ3) is 3.82. The molecular weight excluding hydrogens is 212 g/mol. The molecule has 4 heteroatoms. The zero-order chi connectivity index (χ0) is 11.9. The summed E-state index contributed by atoms with van der Waals surface area (Å²) in [6.45, 7) is 8.99. The van der Waals surface area contributed by atoms with Gasteiger partial charge in [0.05, 0.1) is 5.69 Å². The molecule has 1 N–H and O–H groups in total. The molecule has 1 aromatic heterocycles. The number of rotatable bonds is 7. The van der Waals surface area contributed by atoms with E-state index in [4.69, 9.17) is 0 Å². The van der Waals surface area contributed by atoms with Gasteiger partial charge in [0.2, 0.25) is 0 Å². The van der Waals surface area contributed by atoms with Gasteiger partial charge in [-0.2, -0.15) is 5.10 Å². The first kappa shape index (κ1) is 12.6. The van der Waals surface area contributed by atoms with E-state index < -0.39 is 0 Å². The number of nitrogens with zero attached hydrogens (tertiary/aromatic N) is 3. The van der Waals surface area contributed by atoms with Crippen LogP contribution in [0.1, 0.15) is 31.9 Å². The average molecular weight is 236 g/mol. The molecule has 0 atom stereocenters. The van der Waals surface area contributed by atoms with E-state index in [1.807, 2.05) is 10.9 Å². The van der Waals surface area contributed by atoms with Gasteiger partial charge < -0.3 is 10.2 Å². The topological polar surface area (TPSA) is 33.1 Å². The molecule has 0 aromatic carbocycles. The lowest BCUT2D eigenvalue weighted by Gasteiger charge is -2.14. The molecule has 1 aromatic rings. The van der Waals surface area contributed by atoms with Crippen LogP contribution in [-0.2, 0) is 13.1 Å². The lowest BCUT2D eigenvalue weighted by molar-refractivity contribution is 0.330. The highest BCUT2D eigenvalue weighted by Crippen LogP contribution is 2.07. The van der Waals surface area contributed by atoms with Gasteiger partial charge >= 0.3 is 0 Å². The second-order valence-electron chi connectivity index (χ2n) is 4.72. The van der Waals surface area contributed by atoms with Gasteiger partial charge in [0.15, 0.2) is 0 Å². The maximum Gasteiger partial charge on any atom is 0.0521 e. The molecule has 17 heavy (non-hydrogen) atoms. The number of aryl methyl sites for hydroxylation is 1. The lowest BCUT2D eigenvalue weighted by Crippen LogP contribution is -2.25. The van der Waals surface area contributed by atoms with Crippen molar-refractivity contribution in [3.63, 3.8) is 0 Å². The predicted molar refractivity (Wildman–Crippen MR) is 69.9 cm³/mol. The Balaban J connectivity index is 1.56. The molecule has 0 amide bonds. The van der Waals surface area contributed by atoms with Gasteiger partial charge in [-0.3, -0.25) is 4.68 Å². The molecule has 0 bridgehead atoms. The fraction of sp³-hybridized carbons (Fsp3) is 0.769. The number of hydrogen-bond acceptors (Lipinski definition) is 3. The van der Waals surface area contributed by atoms with Crippen LogP contribution in [0.3, 0.4) is 0 Å². The summed E-state index contributed by atoms with van der Waals surface area (Å²) in [5.41, 5.74) is 1.29. The SMILES string of the molecule is CCn1nccc1CNCCCN1CCCC1.